The number of nitrogens with one attached hydrogen (secondary N) is 1. The molecule has 0 spiro atoms. The van der Waals surface area contributed by atoms with Crippen molar-refractivity contribution in [1.29, 1.82) is 0 Å². The Bertz CT molecular complexity index is 767. The summed E-state index contributed by atoms with van der Waals surface area (Å²) in [5.41, 5.74) is -0.726. The van der Waals surface area contributed by atoms with Crippen molar-refractivity contribution in [3.8, 4) is 0 Å². The van der Waals surface area contributed by atoms with E-state index in [-0.39, 0.29) is 17.7 Å². The van der Waals surface area contributed by atoms with E-state index in [4.69, 9.17) is 19.0 Å². The molecular weight excluding hydrogens is 510 g/mol. The van der Waals surface area contributed by atoms with Crippen LogP contribution in [0, 0.1) is 5.41 Å². The summed E-state index contributed by atoms with van der Waals surface area (Å²) in [6.07, 6.45) is 5.77. The number of hydrogen-bond acceptors (Lipinski definition) is 11. The van der Waals surface area contributed by atoms with E-state index in [2.05, 4.69) is 48.6 Å². The van der Waals surface area contributed by atoms with Crippen LogP contribution in [0.1, 0.15) is 32.1 Å². The second-order valence-corrected chi connectivity index (χ2v) is 13.9. The molecule has 7 aliphatic rings. The average Bonchev–Trinajstić information content (AvgIpc) is 3.74. The fourth-order valence-electron chi connectivity index (χ4n) is 8.72. The third kappa shape index (κ3) is 3.86. The van der Waals surface area contributed by atoms with Crippen LogP contribution in [-0.2, 0) is 19.0 Å². The summed E-state index contributed by atoms with van der Waals surface area (Å²) in [5.74, 6) is 4.04. The second-order valence-electron chi connectivity index (χ2n) is 11.5. The molecule has 4 atom stereocenters. The van der Waals surface area contributed by atoms with Gasteiger partial charge in [0.1, 0.15) is 6.23 Å². The van der Waals surface area contributed by atoms with Gasteiger partial charge in [0.25, 0.3) is 0 Å². The Hall–Kier alpha value is 0.340. The summed E-state index contributed by atoms with van der Waals surface area (Å²) in [6, 6.07) is 0. The van der Waals surface area contributed by atoms with Crippen molar-refractivity contribution in [2.45, 2.75) is 55.9 Å². The lowest BCUT2D eigenvalue weighted by molar-refractivity contribution is -0.380. The van der Waals surface area contributed by atoms with Crippen LogP contribution in [0.4, 0.5) is 0 Å². The summed E-state index contributed by atoms with van der Waals surface area (Å²) in [5, 5.41) is 6.30. The van der Waals surface area contributed by atoms with E-state index in [9.17, 15) is 0 Å². The van der Waals surface area contributed by atoms with Crippen molar-refractivity contribution >= 4 is 23.5 Å². The fraction of sp³-hybridized carbons (Fsp3) is 1.00. The molecular formula is C26H45N5O4S2. The number of hydroxylamine groups is 2. The van der Waals surface area contributed by atoms with Crippen LogP contribution in [0.15, 0.2) is 0 Å². The molecule has 0 aromatic heterocycles. The molecule has 0 aromatic rings. The van der Waals surface area contributed by atoms with Gasteiger partial charge in [0.15, 0.2) is 5.66 Å². The highest BCUT2D eigenvalue weighted by Crippen LogP contribution is 2.66. The zero-order valence-electron chi connectivity index (χ0n) is 22.2. The first-order valence-corrected chi connectivity index (χ1v) is 17.1. The van der Waals surface area contributed by atoms with Gasteiger partial charge in [-0.2, -0.15) is 28.6 Å². The molecule has 7 fully saturated rings. The maximum absolute atomic E-state index is 7.84. The number of rotatable bonds is 5. The van der Waals surface area contributed by atoms with E-state index in [0.29, 0.717) is 0 Å². The molecule has 1 N–H and O–H groups in total. The molecule has 0 aromatic carbocycles. The van der Waals surface area contributed by atoms with Crippen LogP contribution in [-0.4, -0.2) is 145 Å². The summed E-state index contributed by atoms with van der Waals surface area (Å²) in [4.78, 5) is 15.1. The molecule has 210 valence electrons. The van der Waals surface area contributed by atoms with Gasteiger partial charge in [0.2, 0.25) is 5.85 Å². The molecule has 6 aliphatic heterocycles. The molecule has 37 heavy (non-hydrogen) atoms. The van der Waals surface area contributed by atoms with Crippen molar-refractivity contribution in [3.05, 3.63) is 0 Å². The Morgan fingerprint density at radius 2 is 1.46 bits per heavy atom. The number of fused-ring (bicyclic) bond motifs is 1. The van der Waals surface area contributed by atoms with Gasteiger partial charge in [-0.3, -0.25) is 24.9 Å². The lowest BCUT2D eigenvalue weighted by Gasteiger charge is -2.66. The molecule has 11 heteroatoms. The van der Waals surface area contributed by atoms with Crippen molar-refractivity contribution in [1.82, 2.24) is 25.1 Å². The van der Waals surface area contributed by atoms with Gasteiger partial charge in [-0.15, -0.1) is 0 Å². The van der Waals surface area contributed by atoms with Crippen LogP contribution in [0.2, 0.25) is 0 Å². The minimum absolute atomic E-state index is 0.0370. The van der Waals surface area contributed by atoms with E-state index in [0.717, 1.165) is 121 Å². The van der Waals surface area contributed by atoms with Crippen molar-refractivity contribution in [2.24, 2.45) is 5.41 Å². The van der Waals surface area contributed by atoms with Crippen molar-refractivity contribution in [2.75, 3.05) is 102 Å². The Kier molecular flexibility index (Phi) is 7.78. The first-order chi connectivity index (χ1) is 18.3. The smallest absolute Gasteiger partial charge is 0.216 e. The molecule has 0 radical (unpaired) electrons. The molecule has 6 heterocycles. The molecule has 1 aliphatic carbocycles. The lowest BCUT2D eigenvalue weighted by Crippen LogP contribution is -2.87. The topological polar surface area (TPSA) is 61.9 Å². The maximum atomic E-state index is 7.84. The zero-order chi connectivity index (χ0) is 24.8. The van der Waals surface area contributed by atoms with Crippen LogP contribution in [0.5, 0.6) is 0 Å². The predicted octanol–water partition coefficient (Wildman–Crippen LogP) is 1.31. The first-order valence-electron chi connectivity index (χ1n) is 14.8. The van der Waals surface area contributed by atoms with E-state index in [1.54, 1.807) is 0 Å². The maximum Gasteiger partial charge on any atom is 0.216 e. The first kappa shape index (κ1) is 26.3. The minimum Gasteiger partial charge on any atom is -0.379 e. The van der Waals surface area contributed by atoms with Gasteiger partial charge >= 0.3 is 0 Å². The summed E-state index contributed by atoms with van der Waals surface area (Å²) in [7, 11) is 0. The third-order valence-electron chi connectivity index (χ3n) is 9.94. The monoisotopic (exact) mass is 555 g/mol. The van der Waals surface area contributed by atoms with E-state index < -0.39 is 11.5 Å². The van der Waals surface area contributed by atoms with Crippen LogP contribution < -0.4 is 5.32 Å². The van der Waals surface area contributed by atoms with Crippen LogP contribution in [0.25, 0.3) is 0 Å². The van der Waals surface area contributed by atoms with Gasteiger partial charge in [0.05, 0.1) is 37.9 Å². The SMILES string of the molecule is C1CCC2(C3NCCO3)C(C1)OC(N1CCSCC1)(N1CCSCC1)C2(N1CCOCC1)N1CCCO1. The van der Waals surface area contributed by atoms with Gasteiger partial charge in [-0.1, -0.05) is 12.8 Å². The Balaban J connectivity index is 1.50. The highest BCUT2D eigenvalue weighted by atomic mass is 32.2. The highest BCUT2D eigenvalue weighted by molar-refractivity contribution is 7.99. The van der Waals surface area contributed by atoms with E-state index in [1.807, 2.05) is 0 Å². The molecule has 7 rings (SSSR count). The second kappa shape index (κ2) is 11.0. The van der Waals surface area contributed by atoms with Gasteiger partial charge in [-0.25, -0.2) is 0 Å². The highest BCUT2D eigenvalue weighted by Gasteiger charge is 2.83. The Labute approximate surface area is 230 Å². The third-order valence-corrected chi connectivity index (χ3v) is 11.8. The summed E-state index contributed by atoms with van der Waals surface area (Å²) >= 11 is 4.17. The number of ether oxygens (including phenoxy) is 3. The van der Waals surface area contributed by atoms with Gasteiger partial charge < -0.3 is 14.2 Å². The van der Waals surface area contributed by atoms with E-state index >= 15 is 0 Å². The van der Waals surface area contributed by atoms with Crippen LogP contribution >= 0.6 is 23.5 Å². The number of nitrogens with zero attached hydrogens (tertiary/aromatic N) is 4. The molecule has 0 amide bonds. The Morgan fingerprint density at radius 3 is 2.08 bits per heavy atom. The van der Waals surface area contributed by atoms with Gasteiger partial charge in [0, 0.05) is 75.4 Å². The number of morpholine rings is 1. The molecule has 4 unspecified atom stereocenters. The van der Waals surface area contributed by atoms with E-state index in [1.165, 1.54) is 12.8 Å². The largest absolute Gasteiger partial charge is 0.379 e. The molecule has 0 bridgehead atoms. The quantitative estimate of drug-likeness (QED) is 0.534. The number of thioether (sulfide) groups is 2. The van der Waals surface area contributed by atoms with Crippen molar-refractivity contribution < 1.29 is 19.0 Å². The Morgan fingerprint density at radius 1 is 0.730 bits per heavy atom. The normalized spacial score (nSPS) is 42.8. The van der Waals surface area contributed by atoms with Gasteiger partial charge in [-0.05, 0) is 19.3 Å². The lowest BCUT2D eigenvalue weighted by atomic mass is 9.61. The fourth-order valence-corrected chi connectivity index (χ4v) is 10.5. The average molecular weight is 556 g/mol. The molecule has 1 saturated carbocycles. The summed E-state index contributed by atoms with van der Waals surface area (Å²) < 4.78 is 20.5. The molecule has 6 saturated heterocycles. The summed E-state index contributed by atoms with van der Waals surface area (Å²) in [6.45, 7) is 10.9. The zero-order valence-corrected chi connectivity index (χ0v) is 23.9. The van der Waals surface area contributed by atoms with Crippen LogP contribution in [0.3, 0.4) is 0 Å². The number of hydrogen-bond donors (Lipinski definition) is 1. The standard InChI is InChI=1S/C26H45N5O4S2/c1-2-5-24(23-27-6-15-33-23)22(4-1)35-26(29-10-18-36-19-11-29,30-12-20-37-21-13-30)25(24,31-7-3-14-34-31)28-8-16-32-17-9-28/h22-23,27H,1-21H2. The molecule has 9 nitrogen and oxygen atoms in total. The predicted molar refractivity (Wildman–Crippen MR) is 146 cm³/mol. The minimum atomic E-state index is -0.584. The van der Waals surface area contributed by atoms with Crippen molar-refractivity contribution in [3.63, 3.8) is 0 Å².